The van der Waals surface area contributed by atoms with Crippen molar-refractivity contribution in [2.45, 2.75) is 39.7 Å². The highest BCUT2D eigenvalue weighted by Gasteiger charge is 2.14. The number of carboxylic acid groups (broad SMARTS) is 1. The van der Waals surface area contributed by atoms with Gasteiger partial charge in [0.25, 0.3) is 0 Å². The lowest BCUT2D eigenvalue weighted by atomic mass is 10.3. The van der Waals surface area contributed by atoms with E-state index < -0.39 is 18.2 Å². The molecule has 0 aromatic heterocycles. The summed E-state index contributed by atoms with van der Waals surface area (Å²) in [5.41, 5.74) is 0. The maximum Gasteiger partial charge on any atom is 0.410 e. The second kappa shape index (κ2) is 8.61. The minimum absolute atomic E-state index is 0.392. The van der Waals surface area contributed by atoms with Crippen LogP contribution >= 0.6 is 0 Å². The van der Waals surface area contributed by atoms with Gasteiger partial charge in [0.2, 0.25) is 0 Å². The van der Waals surface area contributed by atoms with Gasteiger partial charge >= 0.3 is 12.1 Å². The molecule has 0 heterocycles. The lowest BCUT2D eigenvalue weighted by molar-refractivity contribution is -0.131. The van der Waals surface area contributed by atoms with Gasteiger partial charge in [-0.1, -0.05) is 13.8 Å². The zero-order chi connectivity index (χ0) is 13.3. The largest absolute Gasteiger partial charge is 0.478 e. The van der Waals surface area contributed by atoms with Gasteiger partial charge in [0, 0.05) is 19.2 Å². The summed E-state index contributed by atoms with van der Waals surface area (Å²) in [6.45, 7) is 6.92. The van der Waals surface area contributed by atoms with Crippen molar-refractivity contribution in [3.05, 3.63) is 12.2 Å². The van der Waals surface area contributed by atoms with Gasteiger partial charge in [0.05, 0.1) is 0 Å². The fraction of sp³-hybridized carbons (Fsp3) is 0.667. The molecular formula is C12H21NO4. The van der Waals surface area contributed by atoms with Crippen molar-refractivity contribution in [2.75, 3.05) is 13.1 Å². The molecule has 0 radical (unpaired) electrons. The lowest BCUT2D eigenvalue weighted by Crippen LogP contribution is -2.34. The number of nitrogens with zero attached hydrogens (tertiary/aromatic N) is 1. The van der Waals surface area contributed by atoms with E-state index in [0.717, 1.165) is 18.9 Å². The Kier molecular flexibility index (Phi) is 7.84. The smallest absolute Gasteiger partial charge is 0.410 e. The summed E-state index contributed by atoms with van der Waals surface area (Å²) in [6, 6.07) is 0. The van der Waals surface area contributed by atoms with Crippen molar-refractivity contribution in [1.82, 2.24) is 4.90 Å². The molecule has 0 aliphatic carbocycles. The lowest BCUT2D eigenvalue weighted by Gasteiger charge is -2.22. The summed E-state index contributed by atoms with van der Waals surface area (Å²) >= 11 is 0. The molecule has 17 heavy (non-hydrogen) atoms. The van der Waals surface area contributed by atoms with Gasteiger partial charge in [-0.3, -0.25) is 0 Å². The second-order valence-corrected chi connectivity index (χ2v) is 3.77. The topological polar surface area (TPSA) is 66.8 Å². The van der Waals surface area contributed by atoms with Crippen molar-refractivity contribution < 1.29 is 19.4 Å². The maximum absolute atomic E-state index is 11.7. The fourth-order valence-electron chi connectivity index (χ4n) is 1.32. The number of amides is 1. The van der Waals surface area contributed by atoms with Gasteiger partial charge < -0.3 is 14.7 Å². The summed E-state index contributed by atoms with van der Waals surface area (Å²) < 4.78 is 5.10. The summed E-state index contributed by atoms with van der Waals surface area (Å²) in [5, 5.41) is 8.44. The Morgan fingerprint density at radius 1 is 1.29 bits per heavy atom. The monoisotopic (exact) mass is 243 g/mol. The fourth-order valence-corrected chi connectivity index (χ4v) is 1.32. The highest BCUT2D eigenvalue weighted by atomic mass is 16.6. The third-order valence-electron chi connectivity index (χ3n) is 2.04. The van der Waals surface area contributed by atoms with E-state index in [0.29, 0.717) is 13.1 Å². The van der Waals surface area contributed by atoms with E-state index in [1.54, 1.807) is 11.8 Å². The Bertz CT molecular complexity index is 270. The van der Waals surface area contributed by atoms with Gasteiger partial charge in [0.15, 0.2) is 0 Å². The van der Waals surface area contributed by atoms with Crippen LogP contribution in [-0.2, 0) is 9.53 Å². The predicted octanol–water partition coefficient (Wildman–Crippen LogP) is 2.27. The van der Waals surface area contributed by atoms with Crippen LogP contribution in [0.15, 0.2) is 12.2 Å². The Hall–Kier alpha value is -1.52. The van der Waals surface area contributed by atoms with Crippen molar-refractivity contribution in [3.8, 4) is 0 Å². The van der Waals surface area contributed by atoms with E-state index in [1.807, 2.05) is 13.8 Å². The first-order chi connectivity index (χ1) is 8.01. The number of aliphatic carboxylic acids is 1. The van der Waals surface area contributed by atoms with Gasteiger partial charge in [-0.15, -0.1) is 0 Å². The van der Waals surface area contributed by atoms with Gasteiger partial charge in [0.1, 0.15) is 6.10 Å². The second-order valence-electron chi connectivity index (χ2n) is 3.77. The molecule has 0 bridgehead atoms. The van der Waals surface area contributed by atoms with Crippen LogP contribution in [0.1, 0.15) is 33.6 Å². The van der Waals surface area contributed by atoms with E-state index >= 15 is 0 Å². The molecule has 0 aromatic carbocycles. The summed E-state index contributed by atoms with van der Waals surface area (Å²) in [4.78, 5) is 23.6. The van der Waals surface area contributed by atoms with Crippen molar-refractivity contribution in [3.63, 3.8) is 0 Å². The SMILES string of the molecule is CCCN(CCC)C(=O)O[C@@H](C)/C=C\C(=O)O. The highest BCUT2D eigenvalue weighted by molar-refractivity contribution is 5.79. The molecule has 0 saturated carbocycles. The van der Waals surface area contributed by atoms with Crippen LogP contribution in [0.4, 0.5) is 4.79 Å². The van der Waals surface area contributed by atoms with Crippen LogP contribution in [0.3, 0.4) is 0 Å². The third-order valence-corrected chi connectivity index (χ3v) is 2.04. The first-order valence-electron chi connectivity index (χ1n) is 5.87. The van der Waals surface area contributed by atoms with Crippen LogP contribution in [0.2, 0.25) is 0 Å². The van der Waals surface area contributed by atoms with Gasteiger partial charge in [-0.2, -0.15) is 0 Å². The minimum atomic E-state index is -1.05. The Balaban J connectivity index is 4.23. The van der Waals surface area contributed by atoms with Crippen molar-refractivity contribution in [2.24, 2.45) is 0 Å². The Morgan fingerprint density at radius 3 is 2.24 bits per heavy atom. The molecule has 0 fully saturated rings. The van der Waals surface area contributed by atoms with Crippen LogP contribution in [-0.4, -0.2) is 41.3 Å². The molecule has 98 valence electrons. The van der Waals surface area contributed by atoms with Crippen LogP contribution in [0.25, 0.3) is 0 Å². The van der Waals surface area contributed by atoms with Crippen LogP contribution in [0, 0.1) is 0 Å². The average molecular weight is 243 g/mol. The van der Waals surface area contributed by atoms with Crippen molar-refractivity contribution >= 4 is 12.1 Å². The average Bonchev–Trinajstić information content (AvgIpc) is 2.26. The number of hydrogen-bond acceptors (Lipinski definition) is 3. The molecule has 0 spiro atoms. The Morgan fingerprint density at radius 2 is 1.82 bits per heavy atom. The molecule has 0 aliphatic rings. The molecule has 1 atom stereocenters. The predicted molar refractivity (Wildman–Crippen MR) is 64.9 cm³/mol. The molecular weight excluding hydrogens is 222 g/mol. The van der Waals surface area contributed by atoms with Crippen LogP contribution < -0.4 is 0 Å². The zero-order valence-electron chi connectivity index (χ0n) is 10.7. The summed E-state index contributed by atoms with van der Waals surface area (Å²) in [7, 11) is 0. The number of carboxylic acids is 1. The van der Waals surface area contributed by atoms with E-state index in [1.165, 1.54) is 6.08 Å². The first-order valence-corrected chi connectivity index (χ1v) is 5.87. The summed E-state index contributed by atoms with van der Waals surface area (Å²) in [6.07, 6.45) is 3.13. The number of rotatable bonds is 7. The molecule has 0 aromatic rings. The normalized spacial score (nSPS) is 12.4. The molecule has 0 aliphatic heterocycles. The zero-order valence-corrected chi connectivity index (χ0v) is 10.7. The quantitative estimate of drug-likeness (QED) is 0.696. The number of ether oxygens (including phenoxy) is 1. The third kappa shape index (κ3) is 7.38. The van der Waals surface area contributed by atoms with Crippen molar-refractivity contribution in [1.29, 1.82) is 0 Å². The van der Waals surface area contributed by atoms with E-state index in [2.05, 4.69) is 0 Å². The molecule has 1 N–H and O–H groups in total. The number of carbonyl (C=O) groups is 2. The molecule has 5 heteroatoms. The number of carbonyl (C=O) groups excluding carboxylic acids is 1. The molecule has 0 saturated heterocycles. The minimum Gasteiger partial charge on any atom is -0.478 e. The highest BCUT2D eigenvalue weighted by Crippen LogP contribution is 2.02. The van der Waals surface area contributed by atoms with E-state index in [-0.39, 0.29) is 0 Å². The molecule has 5 nitrogen and oxygen atoms in total. The molecule has 0 unspecified atom stereocenters. The first kappa shape index (κ1) is 15.5. The molecule has 1 amide bonds. The number of hydrogen-bond donors (Lipinski definition) is 1. The summed E-state index contributed by atoms with van der Waals surface area (Å²) in [5.74, 6) is -1.05. The van der Waals surface area contributed by atoms with E-state index in [4.69, 9.17) is 9.84 Å². The molecule has 0 rings (SSSR count). The van der Waals surface area contributed by atoms with Gasteiger partial charge in [-0.25, -0.2) is 9.59 Å². The standard InChI is InChI=1S/C12H21NO4/c1-4-8-13(9-5-2)12(16)17-10(3)6-7-11(14)15/h6-7,10H,4-5,8-9H2,1-3H3,(H,14,15)/b7-6-/t10-/m0/s1. The van der Waals surface area contributed by atoms with E-state index in [9.17, 15) is 9.59 Å². The van der Waals surface area contributed by atoms with Gasteiger partial charge in [-0.05, 0) is 25.8 Å². The maximum atomic E-state index is 11.7. The Labute approximate surface area is 102 Å². The van der Waals surface area contributed by atoms with Crippen LogP contribution in [0.5, 0.6) is 0 Å².